The van der Waals surface area contributed by atoms with Crippen LogP contribution in [0.15, 0.2) is 42.5 Å². The summed E-state index contributed by atoms with van der Waals surface area (Å²) in [6, 6.07) is 3.30. The van der Waals surface area contributed by atoms with Crippen molar-refractivity contribution in [3.8, 4) is 23.0 Å². The molecule has 2 aromatic carbocycles. The quantitative estimate of drug-likeness (QED) is 0.0879. The van der Waals surface area contributed by atoms with E-state index in [0.717, 1.165) is 42.7 Å². The number of sulfonamides is 1. The summed E-state index contributed by atoms with van der Waals surface area (Å²) in [5, 5.41) is 8.74. The largest absolute Gasteiger partial charge is 0.435 e. The van der Waals surface area contributed by atoms with Crippen LogP contribution in [0.5, 0.6) is 0 Å². The number of nitrogens with one attached hydrogen (secondary N) is 1. The van der Waals surface area contributed by atoms with E-state index in [0.29, 0.717) is 12.3 Å². The van der Waals surface area contributed by atoms with Crippen molar-refractivity contribution in [1.29, 1.82) is 0 Å². The second-order valence-electron chi connectivity index (χ2n) is 18.2. The number of carbonyl (C=O) groups is 2. The molecule has 1 saturated carbocycles. The molecule has 2 aliphatic rings. The number of carbonyl (C=O) groups excluding carboxylic acids is 2. The molecule has 2 amide bonds. The van der Waals surface area contributed by atoms with E-state index in [1.807, 2.05) is 0 Å². The van der Waals surface area contributed by atoms with Gasteiger partial charge in [-0.3, -0.25) is 19.0 Å². The first kappa shape index (κ1) is 53.0. The highest BCUT2D eigenvalue weighted by molar-refractivity contribution is 7.93. The maximum atomic E-state index is 15.6. The first-order chi connectivity index (χ1) is 32.5. The van der Waals surface area contributed by atoms with E-state index in [1.54, 1.807) is 0 Å². The summed E-state index contributed by atoms with van der Waals surface area (Å²) in [7, 11) is -8.68. The fourth-order valence-corrected chi connectivity index (χ4v) is 9.61. The fourth-order valence-electron chi connectivity index (χ4n) is 8.25. The normalized spacial score (nSPS) is 17.6. The molecule has 0 unspecified atom stereocenters. The Hall–Kier alpha value is -5.78. The summed E-state index contributed by atoms with van der Waals surface area (Å²) < 4.78 is 198. The van der Waals surface area contributed by atoms with Gasteiger partial charge in [-0.05, 0) is 80.3 Å². The molecular weight excluding hydrogens is 1030 g/mol. The molecule has 27 heteroatoms. The summed E-state index contributed by atoms with van der Waals surface area (Å²) in [5.74, 6) is -7.97. The third-order valence-corrected chi connectivity index (χ3v) is 15.3. The number of hydrogen-bond donors (Lipinski definition) is 2. The highest BCUT2D eigenvalue weighted by Gasteiger charge is 2.68. The van der Waals surface area contributed by atoms with Crippen LogP contribution in [-0.2, 0) is 61.1 Å². The number of nitrogens with zero attached hydrogens (tertiary/aromatic N) is 6. The number of sulfone groups is 1. The van der Waals surface area contributed by atoms with E-state index in [2.05, 4.69) is 32.3 Å². The van der Waals surface area contributed by atoms with Gasteiger partial charge in [0.05, 0.1) is 40.0 Å². The minimum atomic E-state index is -5.22. The standard InChI is InChI=1S/C44H41ClF10N8O6S2/c1-20(2)34(56)40(65)63(71(6,68)69)39-33-29(45)10-9-26(36(33)62(60-39)19-42(48,49)50)25-8-7-24(11-12-41(3,4)70(5,66)67)57-35(25)30(15-21-13-22(46)16-23(47)14-21)58-31(64)18-61-38-32(37(59-61)44(53,54)55)27-17-28(27)43(38,51)52/h7-10,13-14,16,20,27-28,30,34H,15,17-19,56H2,1-6H3,(H,58,64)/t27-,28+,30-,34-/m0/s1. The van der Waals surface area contributed by atoms with Gasteiger partial charge in [-0.1, -0.05) is 37.4 Å². The van der Waals surface area contributed by atoms with Crippen LogP contribution in [-0.4, -0.2) is 82.7 Å². The molecule has 4 atom stereocenters. The lowest BCUT2D eigenvalue weighted by Gasteiger charge is -2.24. The van der Waals surface area contributed by atoms with Crippen LogP contribution in [0.4, 0.5) is 49.7 Å². The number of hydrogen-bond acceptors (Lipinski definition) is 10. The van der Waals surface area contributed by atoms with Gasteiger partial charge in [-0.2, -0.15) is 49.6 Å². The molecule has 3 aromatic heterocycles. The molecule has 3 N–H and O–H groups in total. The predicted octanol–water partition coefficient (Wildman–Crippen LogP) is 7.57. The number of halogens is 11. The number of benzene rings is 2. The topological polar surface area (TPSA) is 192 Å². The molecule has 382 valence electrons. The Morgan fingerprint density at radius 2 is 1.58 bits per heavy atom. The second-order valence-corrected chi connectivity index (χ2v) is 23.0. The number of fused-ring (bicyclic) bond motifs is 4. The zero-order valence-electron chi connectivity index (χ0n) is 37.9. The van der Waals surface area contributed by atoms with Crippen LogP contribution in [0.25, 0.3) is 22.0 Å². The number of nitrogens with two attached hydrogens (primary N) is 1. The van der Waals surface area contributed by atoms with E-state index >= 15 is 8.78 Å². The Bertz CT molecular complexity index is 3290. The Morgan fingerprint density at radius 3 is 2.14 bits per heavy atom. The van der Waals surface area contributed by atoms with Crippen LogP contribution in [0.3, 0.4) is 0 Å². The van der Waals surface area contributed by atoms with Gasteiger partial charge in [0.1, 0.15) is 40.9 Å². The number of amides is 2. The summed E-state index contributed by atoms with van der Waals surface area (Å²) in [4.78, 5) is 32.5. The molecule has 3 heterocycles. The van der Waals surface area contributed by atoms with Crippen molar-refractivity contribution in [1.82, 2.24) is 29.9 Å². The van der Waals surface area contributed by atoms with Gasteiger partial charge < -0.3 is 11.1 Å². The van der Waals surface area contributed by atoms with Crippen molar-refractivity contribution >= 4 is 60.0 Å². The number of aromatic nitrogens is 5. The van der Waals surface area contributed by atoms with Gasteiger partial charge in [-0.25, -0.2) is 30.6 Å². The summed E-state index contributed by atoms with van der Waals surface area (Å²) >= 11 is 6.64. The minimum Gasteiger partial charge on any atom is -0.346 e. The molecule has 14 nitrogen and oxygen atoms in total. The minimum absolute atomic E-state index is 0.0919. The third-order valence-electron chi connectivity index (χ3n) is 12.0. The van der Waals surface area contributed by atoms with Crippen LogP contribution in [0.1, 0.15) is 80.0 Å². The van der Waals surface area contributed by atoms with Gasteiger partial charge in [0.25, 0.3) is 11.8 Å². The Balaban J connectivity index is 1.50. The first-order valence-electron chi connectivity index (χ1n) is 21.1. The lowest BCUT2D eigenvalue weighted by Crippen LogP contribution is -2.49. The SMILES string of the molecule is CC(C)[C@H](N)C(=O)N(c1nn(CC(F)(F)F)c2c(-c3ccc(C#CC(C)(C)S(C)(=O)=O)nc3[C@H](Cc3cc(F)cc(F)c3)NC(=O)Cn3nc(C(F)(F)F)c4c3C(F)(F)[C@@H]3C[C@H]43)ccc(Cl)c12)S(C)(=O)=O. The van der Waals surface area contributed by atoms with E-state index in [4.69, 9.17) is 17.3 Å². The average molecular weight is 1070 g/mol. The maximum absolute atomic E-state index is 15.6. The molecular formula is C44H41ClF10N8O6S2. The molecule has 0 radical (unpaired) electrons. The lowest BCUT2D eigenvalue weighted by molar-refractivity contribution is -0.143. The molecule has 71 heavy (non-hydrogen) atoms. The van der Waals surface area contributed by atoms with Crippen molar-refractivity contribution in [2.24, 2.45) is 17.6 Å². The van der Waals surface area contributed by atoms with Gasteiger partial charge in [0.15, 0.2) is 21.3 Å². The van der Waals surface area contributed by atoms with Crippen LogP contribution >= 0.6 is 11.6 Å². The molecule has 5 aromatic rings. The van der Waals surface area contributed by atoms with E-state index in [9.17, 15) is 61.5 Å². The molecule has 1 fully saturated rings. The van der Waals surface area contributed by atoms with Gasteiger partial charge >= 0.3 is 12.4 Å². The smallest absolute Gasteiger partial charge is 0.346 e. The highest BCUT2D eigenvalue weighted by Crippen LogP contribution is 2.68. The molecule has 0 saturated heterocycles. The van der Waals surface area contributed by atoms with Crippen LogP contribution in [0.2, 0.25) is 5.02 Å². The van der Waals surface area contributed by atoms with Crippen molar-refractivity contribution in [3.05, 3.63) is 93.0 Å². The maximum Gasteiger partial charge on any atom is 0.435 e. The van der Waals surface area contributed by atoms with Crippen molar-refractivity contribution in [2.45, 2.75) is 94.6 Å². The zero-order valence-corrected chi connectivity index (χ0v) is 40.3. The van der Waals surface area contributed by atoms with Crippen LogP contribution in [0, 0.1) is 35.3 Å². The molecule has 0 bridgehead atoms. The monoisotopic (exact) mass is 1070 g/mol. The fraction of sp³-hybridized carbons (Fsp3) is 0.432. The van der Waals surface area contributed by atoms with Crippen molar-refractivity contribution in [3.63, 3.8) is 0 Å². The predicted molar refractivity (Wildman–Crippen MR) is 238 cm³/mol. The zero-order chi connectivity index (χ0) is 52.9. The Labute approximate surface area is 403 Å². The molecule has 0 spiro atoms. The van der Waals surface area contributed by atoms with Crippen molar-refractivity contribution < 1.29 is 70.3 Å². The van der Waals surface area contributed by atoms with E-state index in [1.165, 1.54) is 27.7 Å². The van der Waals surface area contributed by atoms with E-state index in [-0.39, 0.29) is 42.5 Å². The van der Waals surface area contributed by atoms with Gasteiger partial charge in [0, 0.05) is 34.9 Å². The van der Waals surface area contributed by atoms with Crippen LogP contribution < -0.4 is 15.4 Å². The first-order valence-corrected chi connectivity index (χ1v) is 25.2. The molecule has 7 rings (SSSR count). The Kier molecular flexibility index (Phi) is 13.5. The lowest BCUT2D eigenvalue weighted by atomic mass is 9.93. The highest BCUT2D eigenvalue weighted by atomic mass is 35.5. The van der Waals surface area contributed by atoms with Crippen molar-refractivity contribution in [2.75, 3.05) is 16.8 Å². The average Bonchev–Trinajstić information content (AvgIpc) is 3.73. The second kappa shape index (κ2) is 18.1. The Morgan fingerprint density at radius 1 is 0.958 bits per heavy atom. The third kappa shape index (κ3) is 10.5. The number of alkyl halides is 8. The molecule has 0 aliphatic heterocycles. The van der Waals surface area contributed by atoms with E-state index < -0.39 is 160 Å². The number of rotatable bonds is 13. The summed E-state index contributed by atoms with van der Waals surface area (Å²) in [6.45, 7) is 2.15. The van der Waals surface area contributed by atoms with Gasteiger partial charge in [-0.15, -0.1) is 0 Å². The summed E-state index contributed by atoms with van der Waals surface area (Å²) in [5.41, 5.74) is 0.260. The van der Waals surface area contributed by atoms with Gasteiger partial charge in [0.2, 0.25) is 15.9 Å². The molecule has 2 aliphatic carbocycles. The number of anilines is 1. The summed E-state index contributed by atoms with van der Waals surface area (Å²) in [6.07, 6.45) is -9.86. The number of pyridine rings is 1.